The van der Waals surface area contributed by atoms with E-state index in [0.717, 1.165) is 25.7 Å². The van der Waals surface area contributed by atoms with E-state index in [0.29, 0.717) is 13.0 Å². The summed E-state index contributed by atoms with van der Waals surface area (Å²) in [5.74, 6) is -1.77. The van der Waals surface area contributed by atoms with Crippen LogP contribution in [0.4, 0.5) is 0 Å². The zero-order chi connectivity index (χ0) is 12.4. The largest absolute Gasteiger partial charge is 0.481 e. The van der Waals surface area contributed by atoms with Crippen molar-refractivity contribution in [2.45, 2.75) is 38.2 Å². The van der Waals surface area contributed by atoms with Crippen molar-refractivity contribution in [2.24, 2.45) is 17.8 Å². The molecule has 0 heterocycles. The van der Waals surface area contributed by atoms with E-state index in [2.05, 4.69) is 5.32 Å². The second-order valence-corrected chi connectivity index (χ2v) is 5.14. The Balaban J connectivity index is 1.71. The summed E-state index contributed by atoms with van der Waals surface area (Å²) in [7, 11) is 0. The minimum absolute atomic E-state index is 0.134. The van der Waals surface area contributed by atoms with Crippen molar-refractivity contribution in [2.75, 3.05) is 6.54 Å². The van der Waals surface area contributed by atoms with Crippen molar-refractivity contribution in [3.05, 3.63) is 0 Å². The molecule has 0 bridgehead atoms. The Morgan fingerprint density at radius 1 is 1.18 bits per heavy atom. The summed E-state index contributed by atoms with van der Waals surface area (Å²) in [6.07, 6.45) is 4.03. The molecule has 2 unspecified atom stereocenters. The Hall–Kier alpha value is -1.10. The highest BCUT2D eigenvalue weighted by Crippen LogP contribution is 2.38. The monoisotopic (exact) mass is 241 g/mol. The molecule has 0 aromatic carbocycles. The molecule has 96 valence electrons. The quantitative estimate of drug-likeness (QED) is 0.664. The van der Waals surface area contributed by atoms with E-state index in [-0.39, 0.29) is 23.8 Å². The number of hydrogen-bond donors (Lipinski definition) is 3. The van der Waals surface area contributed by atoms with E-state index < -0.39 is 11.9 Å². The summed E-state index contributed by atoms with van der Waals surface area (Å²) in [5.41, 5.74) is 0. The molecule has 0 aromatic heterocycles. The van der Waals surface area contributed by atoms with Gasteiger partial charge in [-0.15, -0.1) is 0 Å². The third-order valence-electron chi connectivity index (χ3n) is 3.85. The van der Waals surface area contributed by atoms with Gasteiger partial charge in [-0.25, -0.2) is 0 Å². The molecular formula is C12H19NO4. The number of aliphatic carboxylic acids is 1. The molecule has 2 aliphatic carbocycles. The van der Waals surface area contributed by atoms with Gasteiger partial charge in [0.25, 0.3) is 0 Å². The van der Waals surface area contributed by atoms with Gasteiger partial charge in [-0.3, -0.25) is 9.59 Å². The number of nitrogens with one attached hydrogen (secondary N) is 1. The third kappa shape index (κ3) is 2.97. The maximum atomic E-state index is 11.6. The molecule has 2 saturated carbocycles. The number of carboxylic acid groups (broad SMARTS) is 1. The van der Waals surface area contributed by atoms with Crippen LogP contribution in [0.1, 0.15) is 32.1 Å². The average Bonchev–Trinajstić information content (AvgIpc) is 3.07. The van der Waals surface area contributed by atoms with Gasteiger partial charge in [-0.2, -0.15) is 0 Å². The van der Waals surface area contributed by atoms with Gasteiger partial charge in [-0.1, -0.05) is 12.8 Å². The second-order valence-electron chi connectivity index (χ2n) is 5.14. The maximum absolute atomic E-state index is 11.6. The van der Waals surface area contributed by atoms with Crippen LogP contribution in [0.3, 0.4) is 0 Å². The highest BCUT2D eigenvalue weighted by atomic mass is 16.4. The molecule has 0 aromatic rings. The Kier molecular flexibility index (Phi) is 3.66. The van der Waals surface area contributed by atoms with Crippen LogP contribution < -0.4 is 5.32 Å². The number of amides is 1. The zero-order valence-corrected chi connectivity index (χ0v) is 9.76. The molecule has 0 aliphatic heterocycles. The van der Waals surface area contributed by atoms with Gasteiger partial charge >= 0.3 is 5.97 Å². The number of hydrogen-bond acceptors (Lipinski definition) is 3. The van der Waals surface area contributed by atoms with E-state index in [1.165, 1.54) is 0 Å². The summed E-state index contributed by atoms with van der Waals surface area (Å²) in [4.78, 5) is 22.2. The van der Waals surface area contributed by atoms with Crippen molar-refractivity contribution >= 4 is 11.9 Å². The lowest BCUT2D eigenvalue weighted by atomic mass is 9.86. The smallest absolute Gasteiger partial charge is 0.307 e. The van der Waals surface area contributed by atoms with Gasteiger partial charge in [0.1, 0.15) is 0 Å². The van der Waals surface area contributed by atoms with Crippen LogP contribution in [0.15, 0.2) is 0 Å². The number of rotatable bonds is 4. The lowest BCUT2D eigenvalue weighted by Gasteiger charge is -2.27. The van der Waals surface area contributed by atoms with Gasteiger partial charge in [0.05, 0.1) is 17.9 Å². The van der Waals surface area contributed by atoms with E-state index in [9.17, 15) is 14.7 Å². The first-order valence-electron chi connectivity index (χ1n) is 6.28. The number of carbonyl (C=O) groups is 2. The lowest BCUT2D eigenvalue weighted by molar-refractivity contribution is -0.140. The van der Waals surface area contributed by atoms with Crippen molar-refractivity contribution in [1.82, 2.24) is 5.32 Å². The number of aliphatic hydroxyl groups is 1. The SMILES string of the molecule is O=C(O)[C@H]1C[C@H]1C(=O)NCC1CCCCC1O. The van der Waals surface area contributed by atoms with Crippen molar-refractivity contribution in [1.29, 1.82) is 0 Å². The highest BCUT2D eigenvalue weighted by Gasteiger charge is 2.48. The van der Waals surface area contributed by atoms with Crippen LogP contribution in [0.25, 0.3) is 0 Å². The minimum Gasteiger partial charge on any atom is -0.481 e. The third-order valence-corrected chi connectivity index (χ3v) is 3.85. The summed E-state index contributed by atoms with van der Waals surface area (Å²) >= 11 is 0. The highest BCUT2D eigenvalue weighted by molar-refractivity contribution is 5.89. The molecule has 3 N–H and O–H groups in total. The molecule has 4 atom stereocenters. The molecule has 2 fully saturated rings. The van der Waals surface area contributed by atoms with Crippen molar-refractivity contribution in [3.63, 3.8) is 0 Å². The Labute approximate surface area is 100 Å². The lowest BCUT2D eigenvalue weighted by Crippen LogP contribution is -2.37. The number of carbonyl (C=O) groups excluding carboxylic acids is 1. The normalized spacial score (nSPS) is 36.3. The summed E-state index contributed by atoms with van der Waals surface area (Å²) in [5, 5.41) is 21.2. The van der Waals surface area contributed by atoms with E-state index in [1.807, 2.05) is 0 Å². The summed E-state index contributed by atoms with van der Waals surface area (Å²) in [6.45, 7) is 0.475. The van der Waals surface area contributed by atoms with Crippen LogP contribution in [0.5, 0.6) is 0 Å². The average molecular weight is 241 g/mol. The first kappa shape index (κ1) is 12.4. The van der Waals surface area contributed by atoms with Crippen LogP contribution in [-0.2, 0) is 9.59 Å². The van der Waals surface area contributed by atoms with E-state index in [4.69, 9.17) is 5.11 Å². The molecule has 2 rings (SSSR count). The fourth-order valence-corrected chi connectivity index (χ4v) is 2.55. The molecule has 0 saturated heterocycles. The predicted molar refractivity (Wildman–Crippen MR) is 60.2 cm³/mol. The first-order chi connectivity index (χ1) is 8.09. The van der Waals surface area contributed by atoms with Crippen molar-refractivity contribution < 1.29 is 19.8 Å². The molecule has 5 heteroatoms. The second kappa shape index (κ2) is 5.04. The fourth-order valence-electron chi connectivity index (χ4n) is 2.55. The topological polar surface area (TPSA) is 86.6 Å². The fraction of sp³-hybridized carbons (Fsp3) is 0.833. The molecule has 5 nitrogen and oxygen atoms in total. The van der Waals surface area contributed by atoms with Gasteiger partial charge < -0.3 is 15.5 Å². The van der Waals surface area contributed by atoms with Gasteiger partial charge in [-0.05, 0) is 19.3 Å². The molecule has 0 radical (unpaired) electrons. The van der Waals surface area contributed by atoms with Gasteiger partial charge in [0.15, 0.2) is 0 Å². The molecule has 17 heavy (non-hydrogen) atoms. The van der Waals surface area contributed by atoms with Crippen LogP contribution in [0.2, 0.25) is 0 Å². The van der Waals surface area contributed by atoms with E-state index in [1.54, 1.807) is 0 Å². The van der Waals surface area contributed by atoms with Gasteiger partial charge in [0, 0.05) is 12.5 Å². The molecule has 0 spiro atoms. The van der Waals surface area contributed by atoms with Crippen LogP contribution in [-0.4, -0.2) is 34.7 Å². The predicted octanol–water partition coefficient (Wildman–Crippen LogP) is 0.374. The van der Waals surface area contributed by atoms with Gasteiger partial charge in [0.2, 0.25) is 5.91 Å². The minimum atomic E-state index is -0.886. The van der Waals surface area contributed by atoms with Crippen LogP contribution >= 0.6 is 0 Å². The Morgan fingerprint density at radius 2 is 1.88 bits per heavy atom. The first-order valence-corrected chi connectivity index (χ1v) is 6.28. The van der Waals surface area contributed by atoms with Crippen molar-refractivity contribution in [3.8, 4) is 0 Å². The zero-order valence-electron chi connectivity index (χ0n) is 9.76. The van der Waals surface area contributed by atoms with Crippen LogP contribution in [0, 0.1) is 17.8 Å². The Bertz CT molecular complexity index is 318. The summed E-state index contributed by atoms with van der Waals surface area (Å²) < 4.78 is 0. The maximum Gasteiger partial charge on any atom is 0.307 e. The number of carboxylic acids is 1. The standard InChI is InChI=1S/C12H19NO4/c14-10-4-2-1-3-7(10)6-13-11(15)8-5-9(8)12(16)17/h7-10,14H,1-6H2,(H,13,15)(H,16,17)/t7?,8-,9+,10?/m1/s1. The Morgan fingerprint density at radius 3 is 2.47 bits per heavy atom. The van der Waals surface area contributed by atoms with E-state index >= 15 is 0 Å². The summed E-state index contributed by atoms with van der Waals surface area (Å²) in [6, 6.07) is 0. The molecular weight excluding hydrogens is 222 g/mol. The molecule has 1 amide bonds. The molecule has 2 aliphatic rings. The number of aliphatic hydroxyl groups excluding tert-OH is 1.